The van der Waals surface area contributed by atoms with Crippen LogP contribution < -0.4 is 0 Å². The Morgan fingerprint density at radius 1 is 0.806 bits per heavy atom. The molecule has 0 N–H and O–H groups in total. The molecule has 0 spiro atoms. The van der Waals surface area contributed by atoms with Crippen LogP contribution in [0.1, 0.15) is 122 Å². The van der Waals surface area contributed by atoms with Crippen LogP contribution in [0.5, 0.6) is 0 Å². The molecule has 0 heterocycles. The number of unbranched alkanes of at least 4 members (excludes halogenated alkanes) is 1. The lowest BCUT2D eigenvalue weighted by atomic mass is 9.67. The summed E-state index contributed by atoms with van der Waals surface area (Å²) in [5, 5.41) is 0. The molecule has 1 atom stereocenters. The van der Waals surface area contributed by atoms with E-state index in [1.807, 2.05) is 0 Å². The van der Waals surface area contributed by atoms with Gasteiger partial charge in [0.05, 0.1) is 0 Å². The van der Waals surface area contributed by atoms with E-state index in [2.05, 4.69) is 19.1 Å². The minimum atomic E-state index is -1.54. The van der Waals surface area contributed by atoms with E-state index in [1.54, 1.807) is 0 Å². The molecule has 0 nitrogen and oxygen atoms in total. The maximum absolute atomic E-state index is 12.1. The van der Waals surface area contributed by atoms with Crippen LogP contribution in [0.4, 0.5) is 8.78 Å². The van der Waals surface area contributed by atoms with Gasteiger partial charge in [-0.25, -0.2) is 0 Å². The van der Waals surface area contributed by atoms with Gasteiger partial charge in [-0.05, 0) is 106 Å². The van der Waals surface area contributed by atoms with Gasteiger partial charge >= 0.3 is 0 Å². The van der Waals surface area contributed by atoms with Gasteiger partial charge in [-0.3, -0.25) is 0 Å². The Hall–Kier alpha value is -0.660. The van der Waals surface area contributed by atoms with Gasteiger partial charge in [0.1, 0.15) is 0 Å². The smallest absolute Gasteiger partial charge is 0.174 e. The van der Waals surface area contributed by atoms with Crippen LogP contribution in [0, 0.1) is 35.5 Å². The lowest BCUT2D eigenvalue weighted by molar-refractivity contribution is 0.131. The summed E-state index contributed by atoms with van der Waals surface area (Å²) in [6, 6.07) is 0. The first-order valence-electron chi connectivity index (χ1n) is 13.8. The van der Waals surface area contributed by atoms with Gasteiger partial charge < -0.3 is 0 Å². The van der Waals surface area contributed by atoms with Crippen molar-refractivity contribution in [3.05, 3.63) is 24.3 Å². The summed E-state index contributed by atoms with van der Waals surface area (Å²) in [5.41, 5.74) is 0. The van der Waals surface area contributed by atoms with E-state index >= 15 is 0 Å². The normalized spacial score (nSPS) is 31.6. The average Bonchev–Trinajstić information content (AvgIpc) is 2.80. The van der Waals surface area contributed by atoms with Crippen molar-refractivity contribution in [1.29, 1.82) is 0 Å². The van der Waals surface area contributed by atoms with Crippen molar-refractivity contribution in [3.8, 4) is 0 Å². The fourth-order valence-electron chi connectivity index (χ4n) is 7.01. The first-order valence-corrected chi connectivity index (χ1v) is 13.8. The summed E-state index contributed by atoms with van der Waals surface area (Å²) < 4.78 is 24.1. The van der Waals surface area contributed by atoms with E-state index < -0.39 is 6.08 Å². The van der Waals surface area contributed by atoms with Crippen molar-refractivity contribution in [2.45, 2.75) is 122 Å². The molecule has 0 amide bonds. The monoisotopic (exact) mass is 434 g/mol. The number of rotatable bonds is 10. The lowest BCUT2D eigenvalue weighted by Gasteiger charge is -2.39. The van der Waals surface area contributed by atoms with Crippen molar-refractivity contribution in [1.82, 2.24) is 0 Å². The van der Waals surface area contributed by atoms with Gasteiger partial charge in [-0.1, -0.05) is 70.4 Å². The molecule has 0 aromatic heterocycles. The Morgan fingerprint density at radius 2 is 1.45 bits per heavy atom. The van der Waals surface area contributed by atoms with E-state index in [0.717, 1.165) is 42.1 Å². The fraction of sp³-hybridized carbons (Fsp3) is 0.862. The highest BCUT2D eigenvalue weighted by atomic mass is 19.3. The summed E-state index contributed by atoms with van der Waals surface area (Å²) in [7, 11) is 0. The molecule has 1 unspecified atom stereocenters. The van der Waals surface area contributed by atoms with E-state index in [-0.39, 0.29) is 0 Å². The molecule has 0 aliphatic heterocycles. The molecule has 3 saturated carbocycles. The van der Waals surface area contributed by atoms with Crippen molar-refractivity contribution in [2.24, 2.45) is 35.5 Å². The SMILES string of the molecule is CC(CCCC1CCCCC1)C1CCC(C2CCC(C=CCCC=C(F)F)CC2)CC1. The van der Waals surface area contributed by atoms with Gasteiger partial charge in [0.25, 0.3) is 6.08 Å². The maximum atomic E-state index is 12.1. The molecular weight excluding hydrogens is 386 g/mol. The minimum Gasteiger partial charge on any atom is -0.174 e. The maximum Gasteiger partial charge on any atom is 0.266 e. The molecule has 0 aromatic carbocycles. The Bertz CT molecular complexity index is 525. The zero-order valence-corrected chi connectivity index (χ0v) is 20.2. The Labute approximate surface area is 191 Å². The number of hydrogen-bond acceptors (Lipinski definition) is 0. The van der Waals surface area contributed by atoms with Crippen molar-refractivity contribution >= 4 is 0 Å². The molecule has 31 heavy (non-hydrogen) atoms. The molecule has 2 heteroatoms. The number of allylic oxidation sites excluding steroid dienone is 3. The molecule has 3 rings (SSSR count). The lowest BCUT2D eigenvalue weighted by Crippen LogP contribution is -2.27. The molecule has 3 fully saturated rings. The standard InChI is InChI=1S/C29H48F2/c1-23(9-8-13-24-10-4-2-5-11-24)26-19-21-28(22-20-26)27-17-15-25(16-18-27)12-6-3-7-14-29(30)31/h6,12,14,23-28H,2-5,7-11,13,15-22H2,1H3. The summed E-state index contributed by atoms with van der Waals surface area (Å²) >= 11 is 0. The van der Waals surface area contributed by atoms with Gasteiger partial charge in [-0.15, -0.1) is 0 Å². The van der Waals surface area contributed by atoms with E-state index in [1.165, 1.54) is 103 Å². The van der Waals surface area contributed by atoms with Crippen molar-refractivity contribution in [3.63, 3.8) is 0 Å². The summed E-state index contributed by atoms with van der Waals surface area (Å²) in [4.78, 5) is 0. The van der Waals surface area contributed by atoms with E-state index in [0.29, 0.717) is 12.3 Å². The predicted molar refractivity (Wildman–Crippen MR) is 129 cm³/mol. The Kier molecular flexibility index (Phi) is 11.1. The Balaban J connectivity index is 1.26. The van der Waals surface area contributed by atoms with Crippen LogP contribution >= 0.6 is 0 Å². The van der Waals surface area contributed by atoms with Gasteiger partial charge in [0, 0.05) is 0 Å². The van der Waals surface area contributed by atoms with Crippen LogP contribution in [-0.2, 0) is 0 Å². The second kappa shape index (κ2) is 13.8. The highest BCUT2D eigenvalue weighted by molar-refractivity contribution is 4.94. The molecule has 3 aliphatic rings. The summed E-state index contributed by atoms with van der Waals surface area (Å²) in [5.74, 6) is 5.60. The average molecular weight is 435 g/mol. The third-order valence-electron chi connectivity index (χ3n) is 9.14. The highest BCUT2D eigenvalue weighted by Gasteiger charge is 2.31. The van der Waals surface area contributed by atoms with Gasteiger partial charge in [0.15, 0.2) is 0 Å². The Morgan fingerprint density at radius 3 is 2.10 bits per heavy atom. The first-order chi connectivity index (χ1) is 15.1. The highest BCUT2D eigenvalue weighted by Crippen LogP contribution is 2.44. The van der Waals surface area contributed by atoms with Crippen LogP contribution in [0.15, 0.2) is 24.3 Å². The van der Waals surface area contributed by atoms with Crippen LogP contribution in [0.25, 0.3) is 0 Å². The van der Waals surface area contributed by atoms with Crippen molar-refractivity contribution in [2.75, 3.05) is 0 Å². The third kappa shape index (κ3) is 9.01. The minimum absolute atomic E-state index is 0.469. The summed E-state index contributed by atoms with van der Waals surface area (Å²) in [6.07, 6.45) is 28.4. The fourth-order valence-corrected chi connectivity index (χ4v) is 7.01. The van der Waals surface area contributed by atoms with E-state index in [9.17, 15) is 8.78 Å². The second-order valence-corrected chi connectivity index (χ2v) is 11.3. The molecule has 0 saturated heterocycles. The number of halogens is 2. The summed E-state index contributed by atoms with van der Waals surface area (Å²) in [6.45, 7) is 2.54. The topological polar surface area (TPSA) is 0 Å². The van der Waals surface area contributed by atoms with Gasteiger partial charge in [-0.2, -0.15) is 8.78 Å². The quantitative estimate of drug-likeness (QED) is 0.237. The molecule has 0 aromatic rings. The van der Waals surface area contributed by atoms with E-state index in [4.69, 9.17) is 0 Å². The van der Waals surface area contributed by atoms with Crippen LogP contribution in [0.2, 0.25) is 0 Å². The largest absolute Gasteiger partial charge is 0.266 e. The zero-order valence-electron chi connectivity index (χ0n) is 20.2. The molecule has 0 bridgehead atoms. The molecular formula is C29H48F2. The molecule has 3 aliphatic carbocycles. The van der Waals surface area contributed by atoms with Crippen molar-refractivity contribution < 1.29 is 8.78 Å². The first kappa shape index (κ1) is 25.0. The number of hydrogen-bond donors (Lipinski definition) is 0. The second-order valence-electron chi connectivity index (χ2n) is 11.3. The third-order valence-corrected chi connectivity index (χ3v) is 9.14. The predicted octanol–water partition coefficient (Wildman–Crippen LogP) is 10.1. The molecule has 178 valence electrons. The zero-order chi connectivity index (χ0) is 21.9. The van der Waals surface area contributed by atoms with Gasteiger partial charge in [0.2, 0.25) is 0 Å². The van der Waals surface area contributed by atoms with Crippen LogP contribution in [0.3, 0.4) is 0 Å². The van der Waals surface area contributed by atoms with Crippen LogP contribution in [-0.4, -0.2) is 0 Å². The molecule has 0 radical (unpaired) electrons.